The van der Waals surface area contributed by atoms with Crippen molar-refractivity contribution in [3.63, 3.8) is 0 Å². The Morgan fingerprint density at radius 3 is 2.71 bits per heavy atom. The summed E-state index contributed by atoms with van der Waals surface area (Å²) in [4.78, 5) is 0. The quantitative estimate of drug-likeness (QED) is 0.502. The van der Waals surface area contributed by atoms with E-state index >= 15 is 0 Å². The summed E-state index contributed by atoms with van der Waals surface area (Å²) in [6.45, 7) is 2.02. The van der Waals surface area contributed by atoms with Crippen LogP contribution in [0, 0.1) is 6.92 Å². The summed E-state index contributed by atoms with van der Waals surface area (Å²) in [5.41, 5.74) is 5.98. The highest BCUT2D eigenvalue weighted by Gasteiger charge is 2.07. The predicted molar refractivity (Wildman–Crippen MR) is 98.1 cm³/mol. The molecule has 0 aliphatic carbocycles. The fourth-order valence-corrected chi connectivity index (χ4v) is 2.52. The van der Waals surface area contributed by atoms with Crippen LogP contribution < -0.4 is 10.2 Å². The molecule has 0 saturated heterocycles. The van der Waals surface area contributed by atoms with Gasteiger partial charge in [0.25, 0.3) is 0 Å². The van der Waals surface area contributed by atoms with Crippen molar-refractivity contribution in [2.45, 2.75) is 6.92 Å². The van der Waals surface area contributed by atoms with Gasteiger partial charge in [0.05, 0.1) is 24.0 Å². The maximum atomic E-state index is 6.15. The minimum atomic E-state index is 0.544. The number of nitrogens with one attached hydrogen (secondary N) is 1. The summed E-state index contributed by atoms with van der Waals surface area (Å²) in [5, 5.41) is 4.75. The van der Waals surface area contributed by atoms with Crippen molar-refractivity contribution in [2.75, 3.05) is 12.5 Å². The monoisotopic (exact) mass is 340 g/mol. The molecule has 2 aromatic carbocycles. The fraction of sp³-hybridized carbons (Fsp3) is 0.105. The minimum absolute atomic E-state index is 0.544. The molecule has 0 fully saturated rings. The molecule has 3 aromatic rings. The molecule has 4 nitrogen and oxygen atoms in total. The van der Waals surface area contributed by atoms with Crippen LogP contribution in [0.1, 0.15) is 11.3 Å². The number of hydrazone groups is 1. The number of hydrogen-bond acceptors (Lipinski definition) is 4. The van der Waals surface area contributed by atoms with Crippen LogP contribution in [0.15, 0.2) is 64.1 Å². The highest BCUT2D eigenvalue weighted by atomic mass is 35.5. The van der Waals surface area contributed by atoms with Crippen molar-refractivity contribution in [1.82, 2.24) is 0 Å². The summed E-state index contributed by atoms with van der Waals surface area (Å²) in [5.74, 6) is 2.01. The molecule has 0 radical (unpaired) electrons. The van der Waals surface area contributed by atoms with Gasteiger partial charge in [-0.15, -0.1) is 0 Å². The number of rotatable bonds is 5. The molecule has 0 bridgehead atoms. The normalized spacial score (nSPS) is 11.0. The van der Waals surface area contributed by atoms with E-state index in [0.29, 0.717) is 16.5 Å². The first-order valence-electron chi connectivity index (χ1n) is 7.46. The molecule has 1 heterocycles. The van der Waals surface area contributed by atoms with Gasteiger partial charge in [0.1, 0.15) is 17.3 Å². The lowest BCUT2D eigenvalue weighted by Crippen LogP contribution is -1.91. The summed E-state index contributed by atoms with van der Waals surface area (Å²) >= 11 is 6.15. The van der Waals surface area contributed by atoms with Gasteiger partial charge in [0.15, 0.2) is 0 Å². The van der Waals surface area contributed by atoms with E-state index in [2.05, 4.69) is 10.5 Å². The van der Waals surface area contributed by atoms with Crippen LogP contribution in [-0.2, 0) is 0 Å². The second kappa shape index (κ2) is 7.23. The van der Waals surface area contributed by atoms with Gasteiger partial charge in [-0.3, -0.25) is 5.43 Å². The second-order valence-electron chi connectivity index (χ2n) is 5.24. The molecule has 24 heavy (non-hydrogen) atoms. The van der Waals surface area contributed by atoms with E-state index in [-0.39, 0.29) is 0 Å². The van der Waals surface area contributed by atoms with Crippen LogP contribution in [0.5, 0.6) is 5.75 Å². The lowest BCUT2D eigenvalue weighted by atomic mass is 10.2. The summed E-state index contributed by atoms with van der Waals surface area (Å²) in [6.07, 6.45) is 1.64. The average molecular weight is 341 g/mol. The molecule has 1 N–H and O–H groups in total. The average Bonchev–Trinajstić information content (AvgIpc) is 3.05. The summed E-state index contributed by atoms with van der Waals surface area (Å²) in [6, 6.07) is 17.2. The van der Waals surface area contributed by atoms with Gasteiger partial charge >= 0.3 is 0 Å². The van der Waals surface area contributed by atoms with Crippen molar-refractivity contribution >= 4 is 23.5 Å². The number of halogens is 1. The van der Waals surface area contributed by atoms with E-state index in [0.717, 1.165) is 22.6 Å². The Kier molecular flexibility index (Phi) is 4.87. The van der Waals surface area contributed by atoms with Crippen molar-refractivity contribution in [3.05, 3.63) is 70.9 Å². The van der Waals surface area contributed by atoms with Crippen molar-refractivity contribution in [3.8, 4) is 17.1 Å². The number of aryl methyl sites for hydroxylation is 1. The van der Waals surface area contributed by atoms with Crippen LogP contribution in [0.25, 0.3) is 11.3 Å². The predicted octanol–water partition coefficient (Wildman–Crippen LogP) is 5.36. The molecule has 0 amide bonds. The molecule has 5 heteroatoms. The first kappa shape index (κ1) is 16.1. The number of benzene rings is 2. The van der Waals surface area contributed by atoms with E-state index in [4.69, 9.17) is 20.8 Å². The molecule has 0 atom stereocenters. The van der Waals surface area contributed by atoms with Gasteiger partial charge in [-0.1, -0.05) is 29.8 Å². The third-order valence-corrected chi connectivity index (χ3v) is 3.88. The zero-order valence-electron chi connectivity index (χ0n) is 13.4. The molecule has 0 saturated carbocycles. The highest BCUT2D eigenvalue weighted by molar-refractivity contribution is 6.32. The Morgan fingerprint density at radius 1 is 1.12 bits per heavy atom. The molecular formula is C19H17ClN2O2. The highest BCUT2D eigenvalue weighted by Crippen LogP contribution is 2.30. The molecule has 0 spiro atoms. The van der Waals surface area contributed by atoms with Gasteiger partial charge in [-0.2, -0.15) is 5.10 Å². The van der Waals surface area contributed by atoms with E-state index in [1.807, 2.05) is 61.5 Å². The molecular weight excluding hydrogens is 324 g/mol. The van der Waals surface area contributed by atoms with Gasteiger partial charge < -0.3 is 9.15 Å². The number of anilines is 1. The van der Waals surface area contributed by atoms with Crippen LogP contribution in [0.4, 0.5) is 5.69 Å². The lowest BCUT2D eigenvalue weighted by molar-refractivity contribution is 0.415. The van der Waals surface area contributed by atoms with Crippen LogP contribution >= 0.6 is 11.6 Å². The molecule has 0 aliphatic heterocycles. The van der Waals surface area contributed by atoms with E-state index in [9.17, 15) is 0 Å². The van der Waals surface area contributed by atoms with Crippen molar-refractivity contribution in [2.24, 2.45) is 5.10 Å². The van der Waals surface area contributed by atoms with Crippen molar-refractivity contribution in [1.29, 1.82) is 0 Å². The van der Waals surface area contributed by atoms with Gasteiger partial charge in [0.2, 0.25) is 0 Å². The summed E-state index contributed by atoms with van der Waals surface area (Å²) in [7, 11) is 1.59. The topological polar surface area (TPSA) is 46.8 Å². The second-order valence-corrected chi connectivity index (χ2v) is 5.64. The molecule has 1 aromatic heterocycles. The fourth-order valence-electron chi connectivity index (χ4n) is 2.26. The van der Waals surface area contributed by atoms with Gasteiger partial charge in [-0.05, 0) is 48.9 Å². The first-order chi connectivity index (χ1) is 11.7. The van der Waals surface area contributed by atoms with E-state index in [1.54, 1.807) is 13.3 Å². The zero-order valence-corrected chi connectivity index (χ0v) is 14.2. The smallest absolute Gasteiger partial charge is 0.147 e. The van der Waals surface area contributed by atoms with E-state index in [1.165, 1.54) is 0 Å². The Morgan fingerprint density at radius 2 is 1.96 bits per heavy atom. The number of hydrogen-bond donors (Lipinski definition) is 1. The third kappa shape index (κ3) is 3.60. The molecule has 0 aliphatic rings. The Labute approximate surface area is 145 Å². The maximum absolute atomic E-state index is 6.15. The van der Waals surface area contributed by atoms with Gasteiger partial charge in [0, 0.05) is 5.56 Å². The zero-order chi connectivity index (χ0) is 16.9. The number of furan rings is 1. The van der Waals surface area contributed by atoms with Gasteiger partial charge in [-0.25, -0.2) is 0 Å². The van der Waals surface area contributed by atoms with Crippen LogP contribution in [0.2, 0.25) is 5.02 Å². The Balaban J connectivity index is 1.72. The largest absolute Gasteiger partial charge is 0.495 e. The first-order valence-corrected chi connectivity index (χ1v) is 7.83. The Hall–Kier alpha value is -2.72. The molecule has 0 unspecified atom stereocenters. The molecule has 3 rings (SSSR count). The lowest BCUT2D eigenvalue weighted by Gasteiger charge is -2.04. The number of nitrogens with zero attached hydrogens (tertiary/aromatic N) is 1. The SMILES string of the molecule is COc1ccc(-c2ccc(C=NNc3ccccc3C)o2)cc1Cl. The number of ether oxygens (including phenoxy) is 1. The number of methoxy groups -OCH3 is 1. The Bertz CT molecular complexity index is 871. The number of para-hydroxylation sites is 1. The van der Waals surface area contributed by atoms with Crippen LogP contribution in [-0.4, -0.2) is 13.3 Å². The van der Waals surface area contributed by atoms with Crippen molar-refractivity contribution < 1.29 is 9.15 Å². The standard InChI is InChI=1S/C19H17ClN2O2/c1-13-5-3-4-6-17(13)22-21-12-15-8-10-18(24-15)14-7-9-19(23-2)16(20)11-14/h3-12,22H,1-2H3. The maximum Gasteiger partial charge on any atom is 0.147 e. The summed E-state index contributed by atoms with van der Waals surface area (Å²) < 4.78 is 10.9. The van der Waals surface area contributed by atoms with Crippen LogP contribution in [0.3, 0.4) is 0 Å². The minimum Gasteiger partial charge on any atom is -0.495 e. The van der Waals surface area contributed by atoms with E-state index < -0.39 is 0 Å². The molecule has 122 valence electrons. The third-order valence-electron chi connectivity index (χ3n) is 3.58.